The lowest BCUT2D eigenvalue weighted by Gasteiger charge is -2.32. The smallest absolute Gasteiger partial charge is 0.251 e. The third-order valence-corrected chi connectivity index (χ3v) is 6.66. The molecule has 5 nitrogen and oxygen atoms in total. The highest BCUT2D eigenvalue weighted by Gasteiger charge is 2.29. The minimum atomic E-state index is -0.382. The summed E-state index contributed by atoms with van der Waals surface area (Å²) in [6.45, 7) is 0.711. The molecule has 1 aliphatic heterocycles. The number of hydrogen-bond donors (Lipinski definition) is 2. The average Bonchev–Trinajstić information content (AvgIpc) is 3.37. The van der Waals surface area contributed by atoms with Crippen molar-refractivity contribution in [2.24, 2.45) is 10.9 Å². The first-order chi connectivity index (χ1) is 14.7. The molecule has 2 aromatic carbocycles. The van der Waals surface area contributed by atoms with Gasteiger partial charge in [-0.1, -0.05) is 42.5 Å². The third-order valence-electron chi connectivity index (χ3n) is 6.66. The van der Waals surface area contributed by atoms with Gasteiger partial charge < -0.3 is 15.0 Å². The fraction of sp³-hybridized carbons (Fsp3) is 0.360. The fourth-order valence-electron chi connectivity index (χ4n) is 5.00. The van der Waals surface area contributed by atoms with E-state index in [1.807, 2.05) is 36.7 Å². The minimum Gasteiger partial charge on any atom is -0.392 e. The van der Waals surface area contributed by atoms with Gasteiger partial charge in [0.1, 0.15) is 0 Å². The van der Waals surface area contributed by atoms with E-state index >= 15 is 0 Å². The summed E-state index contributed by atoms with van der Waals surface area (Å²) < 4.78 is 2.17. The van der Waals surface area contributed by atoms with E-state index in [4.69, 9.17) is 0 Å². The van der Waals surface area contributed by atoms with Crippen molar-refractivity contribution < 1.29 is 9.90 Å². The van der Waals surface area contributed by atoms with E-state index < -0.39 is 0 Å². The zero-order valence-corrected chi connectivity index (χ0v) is 17.0. The van der Waals surface area contributed by atoms with Gasteiger partial charge in [-0.2, -0.15) is 0 Å². The lowest BCUT2D eigenvalue weighted by Crippen LogP contribution is -2.39. The molecule has 0 radical (unpaired) electrons. The number of rotatable bonds is 5. The fourth-order valence-corrected chi connectivity index (χ4v) is 5.00. The summed E-state index contributed by atoms with van der Waals surface area (Å²) in [5.41, 5.74) is 3.09. The number of carbonyl (C=O) groups excluding carboxylic acids is 1. The Balaban J connectivity index is 1.22. The van der Waals surface area contributed by atoms with Gasteiger partial charge >= 0.3 is 0 Å². The molecule has 2 aliphatic rings. The highest BCUT2D eigenvalue weighted by molar-refractivity contribution is 5.94. The molecule has 30 heavy (non-hydrogen) atoms. The van der Waals surface area contributed by atoms with Crippen molar-refractivity contribution in [2.45, 2.75) is 50.8 Å². The number of aromatic nitrogens is 1. The molecule has 1 fully saturated rings. The molecule has 3 aromatic rings. The summed E-state index contributed by atoms with van der Waals surface area (Å²) in [4.78, 5) is 16.8. The van der Waals surface area contributed by atoms with Gasteiger partial charge in [-0.05, 0) is 43.7 Å². The zero-order valence-electron chi connectivity index (χ0n) is 17.0. The third kappa shape index (κ3) is 3.54. The summed E-state index contributed by atoms with van der Waals surface area (Å²) in [5.74, 6) is 0.257. The Morgan fingerprint density at radius 1 is 1.03 bits per heavy atom. The number of aliphatic imine (C=N–C) groups is 1. The molecule has 2 heterocycles. The molecule has 5 rings (SSSR count). The summed E-state index contributed by atoms with van der Waals surface area (Å²) in [7, 11) is 0. The van der Waals surface area contributed by atoms with Crippen LogP contribution in [0.15, 0.2) is 59.6 Å². The van der Waals surface area contributed by atoms with Gasteiger partial charge in [0.2, 0.25) is 0 Å². The molecule has 2 N–H and O–H groups in total. The van der Waals surface area contributed by atoms with E-state index in [0.717, 1.165) is 31.4 Å². The minimum absolute atomic E-state index is 0.00546. The van der Waals surface area contributed by atoms with Crippen LogP contribution in [0.4, 0.5) is 0 Å². The van der Waals surface area contributed by atoms with E-state index in [1.165, 1.54) is 16.5 Å². The number of hydrogen-bond acceptors (Lipinski definition) is 3. The number of fused-ring (bicyclic) bond motifs is 3. The van der Waals surface area contributed by atoms with Gasteiger partial charge in [0.05, 0.1) is 24.7 Å². The Kier molecular flexibility index (Phi) is 5.13. The SMILES string of the molecule is O=C(N[C@H]1CC[C@H](C(O)Cc2c3ccccc3c3n2C=NC3)CC1)c1ccccc1. The molecule has 1 amide bonds. The first-order valence-corrected chi connectivity index (χ1v) is 10.9. The molecule has 1 aliphatic carbocycles. The van der Waals surface area contributed by atoms with E-state index in [-0.39, 0.29) is 24.0 Å². The van der Waals surface area contributed by atoms with Crippen molar-refractivity contribution in [3.8, 4) is 0 Å². The van der Waals surface area contributed by atoms with Crippen molar-refractivity contribution in [2.75, 3.05) is 0 Å². The Morgan fingerprint density at radius 2 is 1.73 bits per heavy atom. The lowest BCUT2D eigenvalue weighted by molar-refractivity contribution is 0.0738. The Hall–Kier alpha value is -2.92. The second kappa shape index (κ2) is 8.07. The maximum absolute atomic E-state index is 12.4. The number of benzene rings is 2. The van der Waals surface area contributed by atoms with E-state index in [0.29, 0.717) is 18.5 Å². The predicted molar refractivity (Wildman–Crippen MR) is 119 cm³/mol. The first-order valence-electron chi connectivity index (χ1n) is 10.9. The molecule has 154 valence electrons. The molecule has 1 saturated carbocycles. The highest BCUT2D eigenvalue weighted by atomic mass is 16.3. The van der Waals surface area contributed by atoms with Crippen LogP contribution >= 0.6 is 0 Å². The average molecular weight is 402 g/mol. The van der Waals surface area contributed by atoms with Crippen molar-refractivity contribution in [1.82, 2.24) is 9.88 Å². The van der Waals surface area contributed by atoms with Crippen LogP contribution in [0.5, 0.6) is 0 Å². The maximum Gasteiger partial charge on any atom is 0.251 e. The van der Waals surface area contributed by atoms with Gasteiger partial charge in [-0.3, -0.25) is 9.79 Å². The summed E-state index contributed by atoms with van der Waals surface area (Å²) >= 11 is 0. The molecule has 0 saturated heterocycles. The van der Waals surface area contributed by atoms with Gasteiger partial charge in [0.15, 0.2) is 0 Å². The summed E-state index contributed by atoms with van der Waals surface area (Å²) in [5, 5.41) is 16.7. The predicted octanol–water partition coefficient (Wildman–Crippen LogP) is 3.92. The van der Waals surface area contributed by atoms with Crippen LogP contribution in [0.25, 0.3) is 10.8 Å². The van der Waals surface area contributed by atoms with Gasteiger partial charge in [0, 0.05) is 34.5 Å². The number of aliphatic hydroxyl groups is 1. The van der Waals surface area contributed by atoms with Crippen LogP contribution < -0.4 is 5.32 Å². The number of aliphatic hydroxyl groups excluding tert-OH is 1. The summed E-state index contributed by atoms with van der Waals surface area (Å²) in [6.07, 6.45) is 5.84. The molecule has 1 aromatic heterocycles. The van der Waals surface area contributed by atoms with Crippen LogP contribution in [0.3, 0.4) is 0 Å². The molecule has 1 unspecified atom stereocenters. The zero-order chi connectivity index (χ0) is 20.5. The number of nitrogens with zero attached hydrogens (tertiary/aromatic N) is 2. The van der Waals surface area contributed by atoms with Crippen molar-refractivity contribution in [1.29, 1.82) is 0 Å². The highest BCUT2D eigenvalue weighted by Crippen LogP contribution is 2.33. The van der Waals surface area contributed by atoms with Crippen molar-refractivity contribution in [3.63, 3.8) is 0 Å². The maximum atomic E-state index is 12.4. The van der Waals surface area contributed by atoms with Crippen molar-refractivity contribution >= 4 is 23.0 Å². The molecular formula is C25H27N3O2. The van der Waals surface area contributed by atoms with Crippen LogP contribution in [-0.4, -0.2) is 34.1 Å². The van der Waals surface area contributed by atoms with Crippen LogP contribution in [-0.2, 0) is 13.0 Å². The molecule has 5 heteroatoms. The van der Waals surface area contributed by atoms with E-state index in [9.17, 15) is 9.90 Å². The van der Waals surface area contributed by atoms with E-state index in [2.05, 4.69) is 39.1 Å². The molecular weight excluding hydrogens is 374 g/mol. The largest absolute Gasteiger partial charge is 0.392 e. The quantitative estimate of drug-likeness (QED) is 0.680. The monoisotopic (exact) mass is 401 g/mol. The first kappa shape index (κ1) is 19.1. The van der Waals surface area contributed by atoms with Crippen LogP contribution in [0.2, 0.25) is 0 Å². The number of amides is 1. The van der Waals surface area contributed by atoms with E-state index in [1.54, 1.807) is 0 Å². The number of nitrogens with one attached hydrogen (secondary N) is 1. The second-order valence-corrected chi connectivity index (χ2v) is 8.49. The Morgan fingerprint density at radius 3 is 2.50 bits per heavy atom. The Bertz CT molecular complexity index is 1080. The topological polar surface area (TPSA) is 66.6 Å². The lowest BCUT2D eigenvalue weighted by atomic mass is 9.81. The molecule has 1 atom stereocenters. The van der Waals surface area contributed by atoms with Gasteiger partial charge in [-0.25, -0.2) is 0 Å². The Labute approximate surface area is 176 Å². The van der Waals surface area contributed by atoms with Crippen LogP contribution in [0, 0.1) is 5.92 Å². The standard InChI is InChI=1S/C25H27N3O2/c29-24(14-22-20-8-4-5-9-21(20)23-15-26-16-28(22)23)17-10-12-19(13-11-17)27-25(30)18-6-2-1-3-7-18/h1-9,16-17,19,24,29H,10-15H2,(H,27,30)/t17-,19-,24?. The molecule has 0 bridgehead atoms. The van der Waals surface area contributed by atoms with Crippen LogP contribution in [0.1, 0.15) is 47.4 Å². The second-order valence-electron chi connectivity index (χ2n) is 8.49. The van der Waals surface area contributed by atoms with Gasteiger partial charge in [-0.15, -0.1) is 0 Å². The van der Waals surface area contributed by atoms with Crippen molar-refractivity contribution in [3.05, 3.63) is 71.5 Å². The molecule has 0 spiro atoms. The number of carbonyl (C=O) groups is 1. The van der Waals surface area contributed by atoms with Gasteiger partial charge in [0.25, 0.3) is 5.91 Å². The summed E-state index contributed by atoms with van der Waals surface area (Å²) in [6, 6.07) is 18.0. The normalized spacial score (nSPS) is 21.5.